The molecule has 1 aromatic heterocycles. The first-order valence-corrected chi connectivity index (χ1v) is 7.02. The summed E-state index contributed by atoms with van der Waals surface area (Å²) in [4.78, 5) is 22.7. The quantitative estimate of drug-likeness (QED) is 0.503. The molecule has 1 aromatic carbocycles. The van der Waals surface area contributed by atoms with E-state index in [4.69, 9.17) is 10.5 Å². The Labute approximate surface area is 128 Å². The standard InChI is InChI=1S/C16H20N2O4/c1-10-11(9-19)15-12(6-7-13(21-2)16(15)17)18(10)8-4-5-14(20)22-3/h6-7,9H,4-5,8,17H2,1-3H3. The molecule has 0 amide bonds. The van der Waals surface area contributed by atoms with Crippen LogP contribution in [0.1, 0.15) is 28.9 Å². The van der Waals surface area contributed by atoms with Crippen LogP contribution >= 0.6 is 0 Å². The maximum atomic E-state index is 11.5. The van der Waals surface area contributed by atoms with Crippen LogP contribution in [0.4, 0.5) is 5.69 Å². The van der Waals surface area contributed by atoms with Crippen LogP contribution in [-0.2, 0) is 16.1 Å². The van der Waals surface area contributed by atoms with E-state index in [1.54, 1.807) is 13.2 Å². The third-order valence-corrected chi connectivity index (χ3v) is 3.87. The van der Waals surface area contributed by atoms with Crippen LogP contribution in [0, 0.1) is 6.92 Å². The van der Waals surface area contributed by atoms with Crippen molar-refractivity contribution >= 4 is 28.8 Å². The highest BCUT2D eigenvalue weighted by Gasteiger charge is 2.18. The lowest BCUT2D eigenvalue weighted by Crippen LogP contribution is -2.05. The van der Waals surface area contributed by atoms with Gasteiger partial charge in [0, 0.05) is 29.6 Å². The van der Waals surface area contributed by atoms with E-state index in [1.807, 2.05) is 17.6 Å². The Bertz CT molecular complexity index is 719. The molecule has 0 aliphatic carbocycles. The zero-order chi connectivity index (χ0) is 16.3. The SMILES string of the molecule is COC(=O)CCCn1c(C)c(C=O)c2c(N)c(OC)ccc21. The Morgan fingerprint density at radius 3 is 2.68 bits per heavy atom. The zero-order valence-electron chi connectivity index (χ0n) is 13.0. The van der Waals surface area contributed by atoms with E-state index in [2.05, 4.69) is 4.74 Å². The van der Waals surface area contributed by atoms with Gasteiger partial charge in [-0.15, -0.1) is 0 Å². The summed E-state index contributed by atoms with van der Waals surface area (Å²) in [6.07, 6.45) is 1.77. The highest BCUT2D eigenvalue weighted by molar-refractivity contribution is 6.07. The number of esters is 1. The molecule has 2 N–H and O–H groups in total. The van der Waals surface area contributed by atoms with Crippen molar-refractivity contribution in [1.29, 1.82) is 0 Å². The fraction of sp³-hybridized carbons (Fsp3) is 0.375. The maximum Gasteiger partial charge on any atom is 0.305 e. The van der Waals surface area contributed by atoms with E-state index in [9.17, 15) is 9.59 Å². The highest BCUT2D eigenvalue weighted by atomic mass is 16.5. The molecule has 0 saturated heterocycles. The summed E-state index contributed by atoms with van der Waals surface area (Å²) in [7, 11) is 2.91. The Morgan fingerprint density at radius 2 is 2.09 bits per heavy atom. The fourth-order valence-corrected chi connectivity index (χ4v) is 2.70. The van der Waals surface area contributed by atoms with Crippen LogP contribution in [-0.4, -0.2) is 31.0 Å². The van der Waals surface area contributed by atoms with Gasteiger partial charge in [0.2, 0.25) is 0 Å². The minimum atomic E-state index is -0.245. The molecule has 0 unspecified atom stereocenters. The van der Waals surface area contributed by atoms with Gasteiger partial charge in [0.05, 0.1) is 25.4 Å². The number of nitrogens with two attached hydrogens (primary N) is 1. The van der Waals surface area contributed by atoms with Crippen molar-refractivity contribution in [3.8, 4) is 5.75 Å². The van der Waals surface area contributed by atoms with Gasteiger partial charge in [-0.1, -0.05) is 0 Å². The van der Waals surface area contributed by atoms with Gasteiger partial charge in [-0.05, 0) is 25.5 Å². The van der Waals surface area contributed by atoms with Gasteiger partial charge >= 0.3 is 5.97 Å². The molecule has 118 valence electrons. The number of carbonyl (C=O) groups is 2. The van der Waals surface area contributed by atoms with E-state index >= 15 is 0 Å². The summed E-state index contributed by atoms with van der Waals surface area (Å²) < 4.78 is 11.9. The van der Waals surface area contributed by atoms with Crippen molar-refractivity contribution in [3.63, 3.8) is 0 Å². The van der Waals surface area contributed by atoms with Gasteiger partial charge in [0.15, 0.2) is 6.29 Å². The lowest BCUT2D eigenvalue weighted by molar-refractivity contribution is -0.140. The number of aromatic nitrogens is 1. The molecular weight excluding hydrogens is 284 g/mol. The summed E-state index contributed by atoms with van der Waals surface area (Å²) in [5.41, 5.74) is 8.82. The number of methoxy groups -OCH3 is 2. The second kappa shape index (κ2) is 6.51. The van der Waals surface area contributed by atoms with E-state index in [0.717, 1.165) is 17.5 Å². The number of aldehydes is 1. The molecule has 2 rings (SSSR count). The first-order valence-electron chi connectivity index (χ1n) is 7.02. The van der Waals surface area contributed by atoms with Crippen LogP contribution in [0.15, 0.2) is 12.1 Å². The van der Waals surface area contributed by atoms with Crippen molar-refractivity contribution in [3.05, 3.63) is 23.4 Å². The Kier molecular flexibility index (Phi) is 4.70. The third-order valence-electron chi connectivity index (χ3n) is 3.87. The largest absolute Gasteiger partial charge is 0.495 e. The molecule has 0 aliphatic heterocycles. The number of hydrogen-bond acceptors (Lipinski definition) is 5. The minimum Gasteiger partial charge on any atom is -0.495 e. The molecule has 6 heteroatoms. The topological polar surface area (TPSA) is 83.5 Å². The second-order valence-electron chi connectivity index (χ2n) is 5.02. The van der Waals surface area contributed by atoms with Crippen LogP contribution < -0.4 is 10.5 Å². The van der Waals surface area contributed by atoms with Crippen LogP contribution in [0.2, 0.25) is 0 Å². The predicted octanol–water partition coefficient (Wildman–Crippen LogP) is 2.31. The maximum absolute atomic E-state index is 11.5. The summed E-state index contributed by atoms with van der Waals surface area (Å²) in [5.74, 6) is 0.299. The molecule has 2 aromatic rings. The number of benzene rings is 1. The van der Waals surface area contributed by atoms with Crippen molar-refractivity contribution in [2.24, 2.45) is 0 Å². The molecule has 6 nitrogen and oxygen atoms in total. The van der Waals surface area contributed by atoms with Gasteiger partial charge in [-0.25, -0.2) is 0 Å². The molecule has 0 bridgehead atoms. The van der Waals surface area contributed by atoms with E-state index < -0.39 is 0 Å². The molecule has 0 spiro atoms. The van der Waals surface area contributed by atoms with E-state index in [-0.39, 0.29) is 5.97 Å². The van der Waals surface area contributed by atoms with Crippen molar-refractivity contribution in [2.75, 3.05) is 20.0 Å². The number of aryl methyl sites for hydroxylation is 1. The monoisotopic (exact) mass is 304 g/mol. The first kappa shape index (κ1) is 15.9. The van der Waals surface area contributed by atoms with Crippen molar-refractivity contribution < 1.29 is 19.1 Å². The van der Waals surface area contributed by atoms with E-state index in [0.29, 0.717) is 41.8 Å². The van der Waals surface area contributed by atoms with Crippen molar-refractivity contribution in [2.45, 2.75) is 26.3 Å². The number of anilines is 1. The number of nitrogen functional groups attached to an aromatic ring is 1. The lowest BCUT2D eigenvalue weighted by Gasteiger charge is -2.09. The average molecular weight is 304 g/mol. The summed E-state index contributed by atoms with van der Waals surface area (Å²) in [5, 5.41) is 0.699. The zero-order valence-corrected chi connectivity index (χ0v) is 13.0. The minimum absolute atomic E-state index is 0.245. The molecule has 0 saturated carbocycles. The number of rotatable bonds is 6. The molecule has 0 aliphatic rings. The van der Waals surface area contributed by atoms with Crippen LogP contribution in [0.5, 0.6) is 5.75 Å². The van der Waals surface area contributed by atoms with Crippen LogP contribution in [0.3, 0.4) is 0 Å². The fourth-order valence-electron chi connectivity index (χ4n) is 2.70. The number of nitrogens with zero attached hydrogens (tertiary/aromatic N) is 1. The summed E-state index contributed by atoms with van der Waals surface area (Å²) in [6, 6.07) is 3.66. The van der Waals surface area contributed by atoms with E-state index in [1.165, 1.54) is 7.11 Å². The second-order valence-corrected chi connectivity index (χ2v) is 5.02. The Balaban J connectivity index is 2.46. The predicted molar refractivity (Wildman–Crippen MR) is 84.3 cm³/mol. The number of carbonyl (C=O) groups excluding carboxylic acids is 2. The Morgan fingerprint density at radius 1 is 1.36 bits per heavy atom. The van der Waals surface area contributed by atoms with Gasteiger partial charge < -0.3 is 19.8 Å². The molecular formula is C16H20N2O4. The average Bonchev–Trinajstić information content (AvgIpc) is 2.80. The molecule has 0 fully saturated rings. The normalized spacial score (nSPS) is 10.7. The molecule has 0 atom stereocenters. The molecule has 1 heterocycles. The molecule has 22 heavy (non-hydrogen) atoms. The highest BCUT2D eigenvalue weighted by Crippen LogP contribution is 2.35. The smallest absolute Gasteiger partial charge is 0.305 e. The number of ether oxygens (including phenoxy) is 2. The van der Waals surface area contributed by atoms with Gasteiger partial charge in [0.25, 0.3) is 0 Å². The lowest BCUT2D eigenvalue weighted by atomic mass is 10.1. The Hall–Kier alpha value is -2.50. The first-order chi connectivity index (χ1) is 10.5. The number of fused-ring (bicyclic) bond motifs is 1. The van der Waals surface area contributed by atoms with Gasteiger partial charge in [0.1, 0.15) is 5.75 Å². The number of hydrogen-bond donors (Lipinski definition) is 1. The van der Waals surface area contributed by atoms with Gasteiger partial charge in [-0.2, -0.15) is 0 Å². The third kappa shape index (κ3) is 2.64. The molecule has 0 radical (unpaired) electrons. The summed E-state index contributed by atoms with van der Waals surface area (Å²) >= 11 is 0. The summed E-state index contributed by atoms with van der Waals surface area (Å²) in [6.45, 7) is 2.48. The van der Waals surface area contributed by atoms with Gasteiger partial charge in [-0.3, -0.25) is 9.59 Å². The van der Waals surface area contributed by atoms with Crippen LogP contribution in [0.25, 0.3) is 10.9 Å². The van der Waals surface area contributed by atoms with Crippen molar-refractivity contribution in [1.82, 2.24) is 4.57 Å².